The van der Waals surface area contributed by atoms with Gasteiger partial charge in [-0.1, -0.05) is 31.5 Å². The van der Waals surface area contributed by atoms with E-state index in [-0.39, 0.29) is 17.2 Å². The lowest BCUT2D eigenvalue weighted by atomic mass is 10.00. The average molecular weight is 479 g/mol. The summed E-state index contributed by atoms with van der Waals surface area (Å²) in [5.74, 6) is 0.751. The molecule has 0 bridgehead atoms. The minimum absolute atomic E-state index is 0.214. The Bertz CT molecular complexity index is 1220. The zero-order valence-electron chi connectivity index (χ0n) is 20.8. The predicted octanol–water partition coefficient (Wildman–Crippen LogP) is 3.79. The van der Waals surface area contributed by atoms with Crippen LogP contribution >= 0.6 is 0 Å². The van der Waals surface area contributed by atoms with Gasteiger partial charge in [-0.3, -0.25) is 9.59 Å². The van der Waals surface area contributed by atoms with Crippen molar-refractivity contribution in [2.24, 2.45) is 0 Å². The van der Waals surface area contributed by atoms with Gasteiger partial charge in [0.2, 0.25) is 0 Å². The van der Waals surface area contributed by atoms with E-state index in [9.17, 15) is 9.59 Å². The van der Waals surface area contributed by atoms with E-state index in [4.69, 9.17) is 9.47 Å². The standard InChI is InChI=1S/C27H34N4O4/c1-4-19-10-7-8-14-30(19)15-9-13-28-26(32)25-23-11-5-6-12-24(23)27(33)31(29-25)20-16-21(34-2)18-22(17-20)35-3/h5-6,11-12,16-19H,4,7-10,13-15H2,1-3H3,(H,28,32)/t19-/m0/s1. The molecule has 1 N–H and O–H groups in total. The van der Waals surface area contributed by atoms with Crippen LogP contribution in [-0.4, -0.2) is 60.5 Å². The fourth-order valence-electron chi connectivity index (χ4n) is 4.83. The van der Waals surface area contributed by atoms with Gasteiger partial charge in [0, 0.05) is 42.7 Å². The number of nitrogens with one attached hydrogen (secondary N) is 1. The van der Waals surface area contributed by atoms with Crippen LogP contribution in [0.3, 0.4) is 0 Å². The van der Waals surface area contributed by atoms with Gasteiger partial charge in [0.05, 0.1) is 25.3 Å². The number of aromatic nitrogens is 2. The van der Waals surface area contributed by atoms with Crippen molar-refractivity contribution >= 4 is 16.7 Å². The summed E-state index contributed by atoms with van der Waals surface area (Å²) in [6.07, 6.45) is 5.84. The Kier molecular flexibility index (Phi) is 8.02. The molecule has 3 aromatic rings. The lowest BCUT2D eigenvalue weighted by Gasteiger charge is -2.35. The third-order valence-corrected chi connectivity index (χ3v) is 6.73. The molecule has 8 nitrogen and oxygen atoms in total. The lowest BCUT2D eigenvalue weighted by molar-refractivity contribution is 0.0942. The van der Waals surface area contributed by atoms with Crippen LogP contribution in [0.1, 0.15) is 49.5 Å². The number of hydrogen-bond acceptors (Lipinski definition) is 6. The number of nitrogens with zero attached hydrogens (tertiary/aromatic N) is 3. The minimum atomic E-state index is -0.317. The quantitative estimate of drug-likeness (QED) is 0.471. The molecule has 1 aliphatic rings. The third kappa shape index (κ3) is 5.48. The summed E-state index contributed by atoms with van der Waals surface area (Å²) in [7, 11) is 3.08. The van der Waals surface area contributed by atoms with Crippen LogP contribution in [0, 0.1) is 0 Å². The SMILES string of the molecule is CC[C@H]1CCCCN1CCCNC(=O)c1nn(-c2cc(OC)cc(OC)c2)c(=O)c2ccccc12. The van der Waals surface area contributed by atoms with E-state index in [1.54, 1.807) is 56.7 Å². The van der Waals surface area contributed by atoms with Gasteiger partial charge in [-0.2, -0.15) is 9.78 Å². The first-order valence-electron chi connectivity index (χ1n) is 12.3. The number of carbonyl (C=O) groups excluding carboxylic acids is 1. The number of amides is 1. The molecule has 1 aromatic heterocycles. The fourth-order valence-corrected chi connectivity index (χ4v) is 4.83. The zero-order valence-corrected chi connectivity index (χ0v) is 20.8. The molecule has 8 heteroatoms. The van der Waals surface area contributed by atoms with E-state index >= 15 is 0 Å². The van der Waals surface area contributed by atoms with Gasteiger partial charge < -0.3 is 19.7 Å². The van der Waals surface area contributed by atoms with E-state index in [1.165, 1.54) is 30.4 Å². The Balaban J connectivity index is 1.58. The molecule has 4 rings (SSSR count). The van der Waals surface area contributed by atoms with Crippen LogP contribution in [-0.2, 0) is 0 Å². The Labute approximate surface area is 205 Å². The molecule has 2 heterocycles. The van der Waals surface area contributed by atoms with Gasteiger partial charge in [0.1, 0.15) is 11.5 Å². The average Bonchev–Trinajstić information content (AvgIpc) is 2.91. The number of carbonyl (C=O) groups is 1. The number of piperidine rings is 1. The molecule has 0 radical (unpaired) electrons. The normalized spacial score (nSPS) is 16.3. The van der Waals surface area contributed by atoms with E-state index in [0.717, 1.165) is 19.5 Å². The molecular weight excluding hydrogens is 444 g/mol. The van der Waals surface area contributed by atoms with Crippen molar-refractivity contribution in [3.63, 3.8) is 0 Å². The number of hydrogen-bond donors (Lipinski definition) is 1. The molecule has 0 saturated carbocycles. The number of ether oxygens (including phenoxy) is 2. The Morgan fingerprint density at radius 1 is 1.09 bits per heavy atom. The van der Waals surface area contributed by atoms with Gasteiger partial charge in [0.25, 0.3) is 11.5 Å². The predicted molar refractivity (Wildman–Crippen MR) is 137 cm³/mol. The molecule has 35 heavy (non-hydrogen) atoms. The van der Waals surface area contributed by atoms with Crippen molar-refractivity contribution in [2.75, 3.05) is 33.9 Å². The van der Waals surface area contributed by atoms with Gasteiger partial charge in [0.15, 0.2) is 5.69 Å². The summed E-state index contributed by atoms with van der Waals surface area (Å²) in [6, 6.07) is 12.8. The topological polar surface area (TPSA) is 85.7 Å². The van der Waals surface area contributed by atoms with Gasteiger partial charge in [-0.25, -0.2) is 0 Å². The van der Waals surface area contributed by atoms with Crippen molar-refractivity contribution in [1.82, 2.24) is 20.0 Å². The number of benzene rings is 2. The van der Waals surface area contributed by atoms with Crippen LogP contribution in [0.5, 0.6) is 11.5 Å². The highest BCUT2D eigenvalue weighted by Gasteiger charge is 2.21. The second-order valence-electron chi connectivity index (χ2n) is 8.89. The van der Waals surface area contributed by atoms with Gasteiger partial charge in [-0.05, 0) is 38.3 Å². The number of methoxy groups -OCH3 is 2. The van der Waals surface area contributed by atoms with E-state index in [2.05, 4.69) is 22.2 Å². The van der Waals surface area contributed by atoms with Crippen LogP contribution < -0.4 is 20.3 Å². The first-order chi connectivity index (χ1) is 17.0. The third-order valence-electron chi connectivity index (χ3n) is 6.73. The maximum absolute atomic E-state index is 13.3. The first-order valence-corrected chi connectivity index (χ1v) is 12.3. The second-order valence-corrected chi connectivity index (χ2v) is 8.89. The number of fused-ring (bicyclic) bond motifs is 1. The maximum Gasteiger partial charge on any atom is 0.279 e. The summed E-state index contributed by atoms with van der Waals surface area (Å²) in [5.41, 5.74) is 0.358. The molecule has 0 spiro atoms. The lowest BCUT2D eigenvalue weighted by Crippen LogP contribution is -2.40. The Hall–Kier alpha value is -3.39. The molecule has 1 fully saturated rings. The molecule has 1 amide bonds. The van der Waals surface area contributed by atoms with Crippen LogP contribution in [0.15, 0.2) is 47.3 Å². The van der Waals surface area contributed by atoms with Crippen LogP contribution in [0.25, 0.3) is 16.5 Å². The molecule has 2 aromatic carbocycles. The summed E-state index contributed by atoms with van der Waals surface area (Å²) in [6.45, 7) is 4.89. The summed E-state index contributed by atoms with van der Waals surface area (Å²) in [4.78, 5) is 29.0. The van der Waals surface area contributed by atoms with Crippen LogP contribution in [0.2, 0.25) is 0 Å². The second kappa shape index (κ2) is 11.4. The number of rotatable bonds is 9. The first kappa shape index (κ1) is 24.7. The zero-order chi connectivity index (χ0) is 24.8. The highest BCUT2D eigenvalue weighted by atomic mass is 16.5. The fraction of sp³-hybridized carbons (Fsp3) is 0.444. The van der Waals surface area contributed by atoms with Crippen molar-refractivity contribution in [2.45, 2.75) is 45.1 Å². The molecule has 186 valence electrons. The van der Waals surface area contributed by atoms with E-state index in [0.29, 0.717) is 40.5 Å². The monoisotopic (exact) mass is 478 g/mol. The molecular formula is C27H34N4O4. The molecule has 0 unspecified atom stereocenters. The minimum Gasteiger partial charge on any atom is -0.497 e. The molecule has 1 saturated heterocycles. The highest BCUT2D eigenvalue weighted by Crippen LogP contribution is 2.25. The maximum atomic E-state index is 13.3. The highest BCUT2D eigenvalue weighted by molar-refractivity contribution is 6.04. The summed E-state index contributed by atoms with van der Waals surface area (Å²) >= 11 is 0. The number of likely N-dealkylation sites (tertiary alicyclic amines) is 1. The van der Waals surface area contributed by atoms with Gasteiger partial charge >= 0.3 is 0 Å². The molecule has 1 atom stereocenters. The largest absolute Gasteiger partial charge is 0.497 e. The Morgan fingerprint density at radius 3 is 2.49 bits per heavy atom. The molecule has 0 aliphatic carbocycles. The van der Waals surface area contributed by atoms with Crippen molar-refractivity contribution in [3.05, 3.63) is 58.5 Å². The van der Waals surface area contributed by atoms with Crippen molar-refractivity contribution in [3.8, 4) is 17.2 Å². The summed E-state index contributed by atoms with van der Waals surface area (Å²) < 4.78 is 11.9. The van der Waals surface area contributed by atoms with E-state index in [1.807, 2.05) is 0 Å². The van der Waals surface area contributed by atoms with E-state index < -0.39 is 0 Å². The van der Waals surface area contributed by atoms with Crippen LogP contribution in [0.4, 0.5) is 0 Å². The molecule has 1 aliphatic heterocycles. The van der Waals surface area contributed by atoms with Crippen molar-refractivity contribution < 1.29 is 14.3 Å². The van der Waals surface area contributed by atoms with Crippen molar-refractivity contribution in [1.29, 1.82) is 0 Å². The smallest absolute Gasteiger partial charge is 0.279 e. The summed E-state index contributed by atoms with van der Waals surface area (Å²) in [5, 5.41) is 8.46. The van der Waals surface area contributed by atoms with Gasteiger partial charge in [-0.15, -0.1) is 0 Å². The Morgan fingerprint density at radius 2 is 1.80 bits per heavy atom.